The van der Waals surface area contributed by atoms with Gasteiger partial charge in [-0.1, -0.05) is 61.2 Å². The van der Waals surface area contributed by atoms with Crippen LogP contribution in [0.2, 0.25) is 0 Å². The van der Waals surface area contributed by atoms with E-state index in [1.807, 2.05) is 32.0 Å². The molecule has 0 fully saturated rings. The fraction of sp³-hybridized carbons (Fsp3) is 0.360. The largest absolute Gasteiger partial charge is 0.333 e. The number of sulfone groups is 1. The minimum atomic E-state index is -3.83. The topological polar surface area (TPSA) is 71.4 Å². The molecule has 190 valence electrons. The molecular formula is C25H30F3N3O2S2. The summed E-state index contributed by atoms with van der Waals surface area (Å²) in [6, 6.07) is 7.38. The van der Waals surface area contributed by atoms with Crippen molar-refractivity contribution in [1.29, 1.82) is 0 Å². The van der Waals surface area contributed by atoms with Crippen molar-refractivity contribution in [1.82, 2.24) is 10.3 Å². The number of aliphatic imine (C=N–C) groups is 1. The Morgan fingerprint density at radius 3 is 2.14 bits per heavy atom. The molecule has 0 aliphatic rings. The Morgan fingerprint density at radius 1 is 1.09 bits per heavy atom. The van der Waals surface area contributed by atoms with Crippen LogP contribution in [0.3, 0.4) is 0 Å². The van der Waals surface area contributed by atoms with Crippen LogP contribution >= 0.6 is 11.8 Å². The van der Waals surface area contributed by atoms with Crippen LogP contribution in [0.4, 0.5) is 13.2 Å². The second kappa shape index (κ2) is 10.6. The highest BCUT2D eigenvalue weighted by Gasteiger charge is 2.50. The third-order valence-electron chi connectivity index (χ3n) is 5.19. The van der Waals surface area contributed by atoms with Crippen molar-refractivity contribution in [3.63, 3.8) is 0 Å². The molecule has 1 aromatic heterocycles. The number of hydrogen-bond donors (Lipinski definition) is 1. The molecule has 5 nitrogen and oxygen atoms in total. The fourth-order valence-electron chi connectivity index (χ4n) is 3.19. The summed E-state index contributed by atoms with van der Waals surface area (Å²) in [5, 5.41) is 2.66. The quantitative estimate of drug-likeness (QED) is 0.322. The number of thioether (sulfide) groups is 1. The van der Waals surface area contributed by atoms with Crippen LogP contribution in [-0.4, -0.2) is 43.0 Å². The first-order chi connectivity index (χ1) is 16.0. The molecule has 0 saturated heterocycles. The smallest absolute Gasteiger partial charge is 0.311 e. The Labute approximate surface area is 209 Å². The van der Waals surface area contributed by atoms with Gasteiger partial charge in [-0.15, -0.1) is 0 Å². The zero-order chi connectivity index (χ0) is 26.8. The first kappa shape index (κ1) is 28.6. The van der Waals surface area contributed by atoms with Gasteiger partial charge in [0, 0.05) is 18.8 Å². The Hall–Kier alpha value is -2.59. The van der Waals surface area contributed by atoms with Gasteiger partial charge in [-0.05, 0) is 39.3 Å². The van der Waals surface area contributed by atoms with Gasteiger partial charge in [-0.25, -0.2) is 12.8 Å². The summed E-state index contributed by atoms with van der Waals surface area (Å²) in [7, 11) is -2.39. The van der Waals surface area contributed by atoms with Crippen LogP contribution < -0.4 is 5.32 Å². The average molecular weight is 526 g/mol. The third kappa shape index (κ3) is 6.55. The number of nitrogens with zero attached hydrogens (tertiary/aromatic N) is 2. The molecule has 0 bridgehead atoms. The van der Waals surface area contributed by atoms with Crippen LogP contribution in [0, 0.1) is 13.8 Å². The summed E-state index contributed by atoms with van der Waals surface area (Å²) >= 11 is 0.440. The highest BCUT2D eigenvalue weighted by Crippen LogP contribution is 2.42. The predicted molar refractivity (Wildman–Crippen MR) is 139 cm³/mol. The number of alkyl halides is 3. The number of amidine groups is 1. The molecule has 2 rings (SSSR count). The van der Waals surface area contributed by atoms with Crippen LogP contribution in [0.1, 0.15) is 37.6 Å². The summed E-state index contributed by atoms with van der Waals surface area (Å²) in [6.07, 6.45) is 1.53. The molecule has 0 aliphatic heterocycles. The minimum Gasteiger partial charge on any atom is -0.333 e. The van der Waals surface area contributed by atoms with Crippen molar-refractivity contribution in [3.8, 4) is 11.1 Å². The molecule has 10 heteroatoms. The lowest BCUT2D eigenvalue weighted by Crippen LogP contribution is -2.40. The zero-order valence-corrected chi connectivity index (χ0v) is 22.3. The number of rotatable bonds is 8. The summed E-state index contributed by atoms with van der Waals surface area (Å²) in [6.45, 7) is 14.1. The maximum atomic E-state index is 14.3. The molecule has 1 N–H and O–H groups in total. The Balaban J connectivity index is 2.45. The summed E-state index contributed by atoms with van der Waals surface area (Å²) in [4.78, 5) is 7.44. The summed E-state index contributed by atoms with van der Waals surface area (Å²) in [5.41, 5.74) is 0.691. The van der Waals surface area contributed by atoms with Crippen molar-refractivity contribution >= 4 is 32.5 Å². The monoisotopic (exact) mass is 525 g/mol. The number of nitrogens with one attached hydrogen (secondary N) is 1. The normalized spacial score (nSPS) is 13.0. The highest BCUT2D eigenvalue weighted by molar-refractivity contribution is 8.17. The second-order valence-electron chi connectivity index (χ2n) is 8.55. The van der Waals surface area contributed by atoms with Gasteiger partial charge < -0.3 is 5.32 Å². The SMILES string of the molecule is C=C(NC(=NC)SC(=C)C(F)(F)C(C)(C)F)c1ncc(-c2cc(C)cc(C)c2)cc1S(=O)(=O)CC. The predicted octanol–water partition coefficient (Wildman–Crippen LogP) is 6.34. The number of halogens is 3. The van der Waals surface area contributed by atoms with Gasteiger partial charge in [0.25, 0.3) is 0 Å². The second-order valence-corrected chi connectivity index (χ2v) is 11.9. The van der Waals surface area contributed by atoms with Crippen molar-refractivity contribution in [2.45, 2.75) is 51.1 Å². The van der Waals surface area contributed by atoms with E-state index in [-0.39, 0.29) is 27.2 Å². The Morgan fingerprint density at radius 2 is 1.66 bits per heavy atom. The lowest BCUT2D eigenvalue weighted by atomic mass is 10.0. The number of benzene rings is 1. The molecule has 35 heavy (non-hydrogen) atoms. The molecule has 0 unspecified atom stereocenters. The van der Waals surface area contributed by atoms with Gasteiger partial charge in [0.05, 0.1) is 21.3 Å². The van der Waals surface area contributed by atoms with Gasteiger partial charge in [0.2, 0.25) is 0 Å². The first-order valence-electron chi connectivity index (χ1n) is 10.7. The molecule has 0 saturated carbocycles. The zero-order valence-electron chi connectivity index (χ0n) is 20.7. The summed E-state index contributed by atoms with van der Waals surface area (Å²) in [5.74, 6) is -4.01. The van der Waals surface area contributed by atoms with E-state index in [2.05, 4.69) is 28.5 Å². The maximum absolute atomic E-state index is 14.3. The van der Waals surface area contributed by atoms with Crippen molar-refractivity contribution in [2.24, 2.45) is 4.99 Å². The van der Waals surface area contributed by atoms with E-state index in [1.54, 1.807) is 0 Å². The van der Waals surface area contributed by atoms with E-state index in [9.17, 15) is 21.6 Å². The molecule has 1 heterocycles. The van der Waals surface area contributed by atoms with E-state index < -0.39 is 26.3 Å². The number of allylic oxidation sites excluding steroid dienone is 1. The van der Waals surface area contributed by atoms with E-state index in [0.717, 1.165) is 30.5 Å². The van der Waals surface area contributed by atoms with Crippen LogP contribution in [0.5, 0.6) is 0 Å². The van der Waals surface area contributed by atoms with Crippen molar-refractivity contribution < 1.29 is 21.6 Å². The Kier molecular flexibility index (Phi) is 8.65. The first-order valence-corrected chi connectivity index (χ1v) is 13.2. The molecule has 0 atom stereocenters. The van der Waals surface area contributed by atoms with Gasteiger partial charge in [-0.3, -0.25) is 9.98 Å². The van der Waals surface area contributed by atoms with E-state index in [1.165, 1.54) is 26.2 Å². The van der Waals surface area contributed by atoms with Crippen LogP contribution in [0.25, 0.3) is 16.8 Å². The van der Waals surface area contributed by atoms with Crippen LogP contribution in [0.15, 0.2) is 58.4 Å². The highest BCUT2D eigenvalue weighted by atomic mass is 32.2. The van der Waals surface area contributed by atoms with Gasteiger partial charge in [0.1, 0.15) is 5.69 Å². The van der Waals surface area contributed by atoms with Crippen LogP contribution in [-0.2, 0) is 9.84 Å². The van der Waals surface area contributed by atoms with Crippen molar-refractivity contribution in [3.05, 3.63) is 65.3 Å². The molecule has 0 spiro atoms. The number of pyridine rings is 1. The molecule has 0 radical (unpaired) electrons. The lowest BCUT2D eigenvalue weighted by Gasteiger charge is -2.28. The molecule has 1 aromatic carbocycles. The standard InChI is InChI=1S/C25H30F3N3O2S2/c1-9-35(32,33)21-13-20(19-11-15(2)10-16(3)12-19)14-30-22(21)17(4)31-23(29-8)34-18(5)25(27,28)24(6,7)26/h10-14H,4-5,9H2,1-3,6-8H3,(H,29,31). The van der Waals surface area contributed by atoms with Gasteiger partial charge in [-0.2, -0.15) is 8.78 Å². The fourth-order valence-corrected chi connectivity index (χ4v) is 5.15. The average Bonchev–Trinajstić information content (AvgIpc) is 2.76. The molecule has 2 aromatic rings. The lowest BCUT2D eigenvalue weighted by molar-refractivity contribution is -0.0816. The minimum absolute atomic E-state index is 0.0323. The number of aromatic nitrogens is 1. The molecular weight excluding hydrogens is 495 g/mol. The number of aryl methyl sites for hydroxylation is 2. The van der Waals surface area contributed by atoms with E-state index in [0.29, 0.717) is 17.3 Å². The van der Waals surface area contributed by atoms with Gasteiger partial charge >= 0.3 is 5.92 Å². The maximum Gasteiger partial charge on any atom is 0.311 e. The Bertz CT molecular complexity index is 1260. The van der Waals surface area contributed by atoms with E-state index in [4.69, 9.17) is 0 Å². The third-order valence-corrected chi connectivity index (χ3v) is 7.91. The van der Waals surface area contributed by atoms with Gasteiger partial charge in [0.15, 0.2) is 20.7 Å². The van der Waals surface area contributed by atoms with Crippen molar-refractivity contribution in [2.75, 3.05) is 12.8 Å². The molecule has 0 amide bonds. The molecule has 0 aliphatic carbocycles. The van der Waals surface area contributed by atoms with E-state index >= 15 is 0 Å². The summed E-state index contributed by atoms with van der Waals surface area (Å²) < 4.78 is 68.4. The number of hydrogen-bond acceptors (Lipinski definition) is 5.